The lowest BCUT2D eigenvalue weighted by Crippen LogP contribution is -2.50. The van der Waals surface area contributed by atoms with E-state index < -0.39 is 30.0 Å². The van der Waals surface area contributed by atoms with Crippen LogP contribution >= 0.6 is 0 Å². The summed E-state index contributed by atoms with van der Waals surface area (Å²) in [6.45, 7) is 11.4. The fraction of sp³-hybridized carbons (Fsp3) is 0.500. The molecule has 7 nitrogen and oxygen atoms in total. The van der Waals surface area contributed by atoms with E-state index in [-0.39, 0.29) is 6.54 Å². The molecule has 0 saturated heterocycles. The number of amides is 1. The van der Waals surface area contributed by atoms with Crippen LogP contribution in [0.15, 0.2) is 54.6 Å². The lowest BCUT2D eigenvalue weighted by atomic mass is 10.0. The van der Waals surface area contributed by atoms with E-state index in [0.29, 0.717) is 6.42 Å². The van der Waals surface area contributed by atoms with Crippen LogP contribution < -0.4 is 16.4 Å². The first-order valence-electron chi connectivity index (χ1n) is 11.6. The van der Waals surface area contributed by atoms with Crippen LogP contribution in [-0.4, -0.2) is 53.5 Å². The molecule has 182 valence electrons. The Morgan fingerprint density at radius 1 is 1.00 bits per heavy atom. The molecule has 0 fully saturated rings. The van der Waals surface area contributed by atoms with Gasteiger partial charge in [-0.05, 0) is 64.3 Å². The Labute approximate surface area is 198 Å². The minimum atomic E-state index is -0.973. The molecule has 2 aromatic carbocycles. The maximum absolute atomic E-state index is 13.0. The molecule has 0 saturated carbocycles. The Balaban J connectivity index is 2.21. The summed E-state index contributed by atoms with van der Waals surface area (Å²) in [7, 11) is 0. The normalized spacial score (nSPS) is 14.3. The van der Waals surface area contributed by atoms with E-state index in [0.717, 1.165) is 29.9 Å². The van der Waals surface area contributed by atoms with E-state index in [1.807, 2.05) is 54.6 Å². The van der Waals surface area contributed by atoms with Gasteiger partial charge >= 0.3 is 6.09 Å². The largest absolute Gasteiger partial charge is 0.444 e. The van der Waals surface area contributed by atoms with E-state index in [1.54, 1.807) is 20.8 Å². The van der Waals surface area contributed by atoms with E-state index in [2.05, 4.69) is 18.7 Å². The Bertz CT molecular complexity index is 848. The molecule has 3 atom stereocenters. The van der Waals surface area contributed by atoms with Gasteiger partial charge in [0.25, 0.3) is 0 Å². The minimum absolute atomic E-state index is 0.0398. The van der Waals surface area contributed by atoms with Crippen molar-refractivity contribution < 1.29 is 14.6 Å². The summed E-state index contributed by atoms with van der Waals surface area (Å²) >= 11 is 0. The van der Waals surface area contributed by atoms with Gasteiger partial charge in [-0.15, -0.1) is 0 Å². The van der Waals surface area contributed by atoms with Gasteiger partial charge in [0.15, 0.2) is 0 Å². The number of nitrogens with two attached hydrogens (primary N) is 2. The van der Waals surface area contributed by atoms with Crippen molar-refractivity contribution in [2.45, 2.75) is 65.0 Å². The van der Waals surface area contributed by atoms with E-state index in [1.165, 1.54) is 4.90 Å². The summed E-state index contributed by atoms with van der Waals surface area (Å²) in [5.41, 5.74) is 14.9. The molecule has 2 rings (SSSR count). The second-order valence-corrected chi connectivity index (χ2v) is 9.26. The number of benzene rings is 2. The molecule has 7 heteroatoms. The highest BCUT2D eigenvalue weighted by molar-refractivity contribution is 5.69. The maximum atomic E-state index is 13.0. The summed E-state index contributed by atoms with van der Waals surface area (Å²) in [5.74, 6) is 0. The van der Waals surface area contributed by atoms with Crippen LogP contribution in [0.1, 0.15) is 51.9 Å². The monoisotopic (exact) mass is 456 g/mol. The van der Waals surface area contributed by atoms with Crippen LogP contribution in [0, 0.1) is 0 Å². The number of hydrogen-bond acceptors (Lipinski definition) is 6. The third-order valence-electron chi connectivity index (χ3n) is 5.52. The standard InChI is InChI=1S/C26H40N4O3/c1-6-29(7-2)21-15-13-20(14-16-21)24(28)30(25(32)33-26(3,4)5)18-23(31)22(27)17-19-11-9-8-10-12-19/h8-16,22-24,31H,6-7,17-18,27-28H2,1-5H3/t22-,23-,24?/m0/s1. The molecule has 0 aliphatic heterocycles. The summed E-state index contributed by atoms with van der Waals surface area (Å²) in [6.07, 6.45) is -1.87. The SMILES string of the molecule is CCN(CC)c1ccc(C(N)N(C[C@H](O)[C@@H](N)Cc2ccccc2)C(=O)OC(C)(C)C)cc1. The van der Waals surface area contributed by atoms with Crippen LogP contribution in [0.4, 0.5) is 10.5 Å². The quantitative estimate of drug-likeness (QED) is 0.471. The number of hydrogen-bond donors (Lipinski definition) is 3. The van der Waals surface area contributed by atoms with Crippen molar-refractivity contribution >= 4 is 11.8 Å². The smallest absolute Gasteiger partial charge is 0.411 e. The van der Waals surface area contributed by atoms with Crippen molar-refractivity contribution in [1.29, 1.82) is 0 Å². The molecule has 2 aromatic rings. The molecular weight excluding hydrogens is 416 g/mol. The molecule has 0 radical (unpaired) electrons. The number of carbonyl (C=O) groups is 1. The van der Waals surface area contributed by atoms with Gasteiger partial charge in [-0.3, -0.25) is 4.90 Å². The first-order chi connectivity index (χ1) is 15.6. The average Bonchev–Trinajstić information content (AvgIpc) is 2.77. The van der Waals surface area contributed by atoms with E-state index in [4.69, 9.17) is 16.2 Å². The van der Waals surface area contributed by atoms with Crippen molar-refractivity contribution in [3.8, 4) is 0 Å². The Morgan fingerprint density at radius 3 is 2.09 bits per heavy atom. The second kappa shape index (κ2) is 12.0. The zero-order valence-electron chi connectivity index (χ0n) is 20.6. The first-order valence-corrected chi connectivity index (χ1v) is 11.6. The highest BCUT2D eigenvalue weighted by atomic mass is 16.6. The predicted octanol–water partition coefficient (Wildman–Crippen LogP) is 3.66. The molecule has 0 aromatic heterocycles. The topological polar surface area (TPSA) is 105 Å². The maximum Gasteiger partial charge on any atom is 0.411 e. The molecule has 1 unspecified atom stereocenters. The third-order valence-corrected chi connectivity index (χ3v) is 5.52. The van der Waals surface area contributed by atoms with Crippen molar-refractivity contribution in [3.63, 3.8) is 0 Å². The van der Waals surface area contributed by atoms with Gasteiger partial charge in [0.05, 0.1) is 12.6 Å². The summed E-state index contributed by atoms with van der Waals surface area (Å²) in [6, 6.07) is 17.0. The Morgan fingerprint density at radius 2 is 1.58 bits per heavy atom. The molecule has 0 aliphatic carbocycles. The second-order valence-electron chi connectivity index (χ2n) is 9.26. The Kier molecular flexibility index (Phi) is 9.70. The minimum Gasteiger partial charge on any atom is -0.444 e. The molecule has 0 aliphatic rings. The van der Waals surface area contributed by atoms with Crippen molar-refractivity contribution in [2.75, 3.05) is 24.5 Å². The number of ether oxygens (including phenoxy) is 1. The predicted molar refractivity (Wildman–Crippen MR) is 134 cm³/mol. The first kappa shape index (κ1) is 26.6. The van der Waals surface area contributed by atoms with Crippen molar-refractivity contribution in [3.05, 3.63) is 65.7 Å². The molecule has 0 heterocycles. The summed E-state index contributed by atoms with van der Waals surface area (Å²) < 4.78 is 5.58. The molecule has 1 amide bonds. The van der Waals surface area contributed by atoms with Crippen LogP contribution in [0.5, 0.6) is 0 Å². The van der Waals surface area contributed by atoms with Gasteiger partial charge in [-0.2, -0.15) is 0 Å². The van der Waals surface area contributed by atoms with E-state index in [9.17, 15) is 9.90 Å². The number of aliphatic hydroxyl groups excluding tert-OH is 1. The number of nitrogens with zero attached hydrogens (tertiary/aromatic N) is 2. The summed E-state index contributed by atoms with van der Waals surface area (Å²) in [5, 5.41) is 10.8. The highest BCUT2D eigenvalue weighted by Gasteiger charge is 2.31. The lowest BCUT2D eigenvalue weighted by Gasteiger charge is -2.34. The van der Waals surface area contributed by atoms with Crippen molar-refractivity contribution in [1.82, 2.24) is 4.90 Å². The number of rotatable bonds is 10. The molecule has 0 spiro atoms. The molecule has 5 N–H and O–H groups in total. The van der Waals surface area contributed by atoms with Gasteiger partial charge in [0.1, 0.15) is 11.8 Å². The van der Waals surface area contributed by atoms with Gasteiger partial charge < -0.3 is 26.2 Å². The molecular formula is C26H40N4O3. The van der Waals surface area contributed by atoms with Gasteiger partial charge in [-0.1, -0.05) is 42.5 Å². The molecule has 0 bridgehead atoms. The zero-order valence-corrected chi connectivity index (χ0v) is 20.6. The van der Waals surface area contributed by atoms with Gasteiger partial charge in [0.2, 0.25) is 0 Å². The highest BCUT2D eigenvalue weighted by Crippen LogP contribution is 2.23. The fourth-order valence-electron chi connectivity index (χ4n) is 3.63. The third kappa shape index (κ3) is 8.03. The lowest BCUT2D eigenvalue weighted by molar-refractivity contribution is 0.00120. The van der Waals surface area contributed by atoms with Crippen LogP contribution in [0.25, 0.3) is 0 Å². The van der Waals surface area contributed by atoms with Gasteiger partial charge in [0, 0.05) is 24.8 Å². The zero-order chi connectivity index (χ0) is 24.6. The fourth-order valence-corrected chi connectivity index (χ4v) is 3.63. The number of aliphatic hydroxyl groups is 1. The number of anilines is 1. The van der Waals surface area contributed by atoms with Crippen LogP contribution in [0.2, 0.25) is 0 Å². The van der Waals surface area contributed by atoms with Crippen molar-refractivity contribution in [2.24, 2.45) is 11.5 Å². The van der Waals surface area contributed by atoms with E-state index >= 15 is 0 Å². The molecule has 33 heavy (non-hydrogen) atoms. The van der Waals surface area contributed by atoms with Crippen LogP contribution in [-0.2, 0) is 11.2 Å². The summed E-state index contributed by atoms with van der Waals surface area (Å²) in [4.78, 5) is 16.6. The number of carbonyl (C=O) groups excluding carboxylic acids is 1. The Hall–Kier alpha value is -2.61. The van der Waals surface area contributed by atoms with Crippen LogP contribution in [0.3, 0.4) is 0 Å². The average molecular weight is 457 g/mol. The van der Waals surface area contributed by atoms with Gasteiger partial charge in [-0.25, -0.2) is 4.79 Å².